The molecule has 0 aliphatic heterocycles. The Balaban J connectivity index is 0.000000531. The minimum atomic E-state index is 0.895. The molecular weight excluding hydrogens is 186 g/mol. The van der Waals surface area contributed by atoms with Crippen molar-refractivity contribution >= 4 is 10.9 Å². The van der Waals surface area contributed by atoms with Gasteiger partial charge in [0.15, 0.2) is 0 Å². The lowest BCUT2D eigenvalue weighted by atomic mass is 10.1. The molecule has 80 valence electrons. The molecule has 0 aliphatic carbocycles. The van der Waals surface area contributed by atoms with Gasteiger partial charge in [0.05, 0.1) is 12.6 Å². The zero-order chi connectivity index (χ0) is 11.3. The lowest BCUT2D eigenvalue weighted by molar-refractivity contribution is 0.412. The van der Waals surface area contributed by atoms with E-state index < -0.39 is 0 Å². The van der Waals surface area contributed by atoms with Crippen LogP contribution in [0.4, 0.5) is 0 Å². The minimum Gasteiger partial charge on any atom is -0.496 e. The quantitative estimate of drug-likeness (QED) is 0.706. The summed E-state index contributed by atoms with van der Waals surface area (Å²) in [7, 11) is 1.68. The first-order chi connectivity index (χ1) is 7.33. The van der Waals surface area contributed by atoms with Crippen molar-refractivity contribution < 1.29 is 4.74 Å². The minimum absolute atomic E-state index is 0.895. The zero-order valence-corrected chi connectivity index (χ0v) is 9.74. The number of benzene rings is 1. The van der Waals surface area contributed by atoms with Crippen LogP contribution in [0.2, 0.25) is 0 Å². The highest BCUT2D eigenvalue weighted by atomic mass is 16.5. The van der Waals surface area contributed by atoms with Crippen LogP contribution in [-0.4, -0.2) is 12.1 Å². The maximum absolute atomic E-state index is 5.21. The molecule has 0 saturated carbocycles. The molecule has 0 spiro atoms. The number of fused-ring (bicyclic) bond motifs is 1. The molecule has 0 fully saturated rings. The topological polar surface area (TPSA) is 22.1 Å². The molecule has 2 nitrogen and oxygen atoms in total. The number of hydrogen-bond acceptors (Lipinski definition) is 2. The van der Waals surface area contributed by atoms with Crippen LogP contribution >= 0.6 is 0 Å². The van der Waals surface area contributed by atoms with Gasteiger partial charge in [-0.1, -0.05) is 19.9 Å². The third-order valence-electron chi connectivity index (χ3n) is 2.20. The highest BCUT2D eigenvalue weighted by molar-refractivity contribution is 5.83. The number of rotatable bonds is 1. The van der Waals surface area contributed by atoms with E-state index in [4.69, 9.17) is 4.74 Å². The third-order valence-corrected chi connectivity index (χ3v) is 2.20. The number of pyridine rings is 1. The average Bonchev–Trinajstić information content (AvgIpc) is 2.33. The number of nitrogens with zero attached hydrogens (tertiary/aromatic N) is 1. The van der Waals surface area contributed by atoms with Gasteiger partial charge in [-0.2, -0.15) is 0 Å². The second-order valence-corrected chi connectivity index (χ2v) is 2.97. The first-order valence-electron chi connectivity index (χ1n) is 5.21. The summed E-state index contributed by atoms with van der Waals surface area (Å²) in [6.45, 7) is 6.02. The SMILES string of the molecule is CC.COc1ccc2cccnc2c1C. The Labute approximate surface area is 90.9 Å². The van der Waals surface area contributed by atoms with Crippen molar-refractivity contribution in [3.8, 4) is 5.75 Å². The number of ether oxygens (including phenoxy) is 1. The van der Waals surface area contributed by atoms with Crippen molar-refractivity contribution in [2.24, 2.45) is 0 Å². The summed E-state index contributed by atoms with van der Waals surface area (Å²) < 4.78 is 5.21. The molecule has 0 radical (unpaired) electrons. The number of methoxy groups -OCH3 is 1. The van der Waals surface area contributed by atoms with Crippen LogP contribution < -0.4 is 4.74 Å². The summed E-state index contributed by atoms with van der Waals surface area (Å²) >= 11 is 0. The standard InChI is InChI=1S/C11H11NO.C2H6/c1-8-10(13-2)6-5-9-4-3-7-12-11(8)9;1-2/h3-7H,1-2H3;1-2H3. The van der Waals surface area contributed by atoms with Crippen LogP contribution in [0.25, 0.3) is 10.9 Å². The van der Waals surface area contributed by atoms with Crippen molar-refractivity contribution in [2.75, 3.05) is 7.11 Å². The maximum atomic E-state index is 5.21. The van der Waals surface area contributed by atoms with Gasteiger partial charge in [-0.05, 0) is 25.1 Å². The molecule has 2 rings (SSSR count). The molecule has 1 aromatic carbocycles. The van der Waals surface area contributed by atoms with E-state index >= 15 is 0 Å². The predicted molar refractivity (Wildman–Crippen MR) is 64.4 cm³/mol. The smallest absolute Gasteiger partial charge is 0.123 e. The molecule has 2 aromatic rings. The molecule has 2 heteroatoms. The fraction of sp³-hybridized carbons (Fsp3) is 0.308. The van der Waals surface area contributed by atoms with Gasteiger partial charge in [0.25, 0.3) is 0 Å². The maximum Gasteiger partial charge on any atom is 0.123 e. The lowest BCUT2D eigenvalue weighted by Gasteiger charge is -2.06. The molecule has 0 unspecified atom stereocenters. The highest BCUT2D eigenvalue weighted by Gasteiger charge is 2.02. The normalized spacial score (nSPS) is 9.33. The summed E-state index contributed by atoms with van der Waals surface area (Å²) in [5.41, 5.74) is 2.11. The average molecular weight is 203 g/mol. The summed E-state index contributed by atoms with van der Waals surface area (Å²) in [6.07, 6.45) is 1.80. The van der Waals surface area contributed by atoms with Crippen LogP contribution in [0.5, 0.6) is 5.75 Å². The van der Waals surface area contributed by atoms with E-state index in [2.05, 4.69) is 11.1 Å². The first-order valence-corrected chi connectivity index (χ1v) is 5.21. The summed E-state index contributed by atoms with van der Waals surface area (Å²) in [5.74, 6) is 0.895. The van der Waals surface area contributed by atoms with E-state index in [1.807, 2.05) is 39.0 Å². The second-order valence-electron chi connectivity index (χ2n) is 2.97. The Bertz CT molecular complexity index is 437. The Morgan fingerprint density at radius 2 is 1.87 bits per heavy atom. The predicted octanol–water partition coefficient (Wildman–Crippen LogP) is 3.58. The molecule has 0 N–H and O–H groups in total. The van der Waals surface area contributed by atoms with E-state index in [0.29, 0.717) is 0 Å². The van der Waals surface area contributed by atoms with Gasteiger partial charge >= 0.3 is 0 Å². The van der Waals surface area contributed by atoms with E-state index in [0.717, 1.165) is 22.2 Å². The molecular formula is C13H17NO. The Hall–Kier alpha value is -1.57. The Morgan fingerprint density at radius 3 is 2.53 bits per heavy atom. The molecule has 0 saturated heterocycles. The van der Waals surface area contributed by atoms with Gasteiger partial charge < -0.3 is 4.74 Å². The fourth-order valence-electron chi connectivity index (χ4n) is 1.49. The Kier molecular flexibility index (Phi) is 4.10. The van der Waals surface area contributed by atoms with Crippen molar-refractivity contribution in [1.29, 1.82) is 0 Å². The zero-order valence-electron chi connectivity index (χ0n) is 9.74. The molecule has 0 atom stereocenters. The van der Waals surface area contributed by atoms with E-state index in [1.165, 1.54) is 0 Å². The van der Waals surface area contributed by atoms with Gasteiger partial charge in [-0.3, -0.25) is 4.98 Å². The van der Waals surface area contributed by atoms with Crippen LogP contribution in [-0.2, 0) is 0 Å². The number of aromatic nitrogens is 1. The van der Waals surface area contributed by atoms with Crippen molar-refractivity contribution in [2.45, 2.75) is 20.8 Å². The summed E-state index contributed by atoms with van der Waals surface area (Å²) in [6, 6.07) is 7.98. The third kappa shape index (κ3) is 2.27. The van der Waals surface area contributed by atoms with Gasteiger partial charge in [-0.25, -0.2) is 0 Å². The number of hydrogen-bond donors (Lipinski definition) is 0. The highest BCUT2D eigenvalue weighted by Crippen LogP contribution is 2.24. The molecule has 0 aliphatic rings. The molecule has 0 bridgehead atoms. The van der Waals surface area contributed by atoms with Gasteiger partial charge in [-0.15, -0.1) is 0 Å². The van der Waals surface area contributed by atoms with Gasteiger partial charge in [0.1, 0.15) is 5.75 Å². The van der Waals surface area contributed by atoms with Gasteiger partial charge in [0.2, 0.25) is 0 Å². The second kappa shape index (κ2) is 5.35. The van der Waals surface area contributed by atoms with Crippen LogP contribution in [0.15, 0.2) is 30.5 Å². The summed E-state index contributed by atoms with van der Waals surface area (Å²) in [5, 5.41) is 1.15. The van der Waals surface area contributed by atoms with Crippen molar-refractivity contribution in [3.05, 3.63) is 36.0 Å². The van der Waals surface area contributed by atoms with E-state index in [9.17, 15) is 0 Å². The molecule has 15 heavy (non-hydrogen) atoms. The lowest BCUT2D eigenvalue weighted by Crippen LogP contribution is -1.89. The molecule has 1 aromatic heterocycles. The van der Waals surface area contributed by atoms with Crippen LogP contribution in [0, 0.1) is 6.92 Å². The van der Waals surface area contributed by atoms with Crippen molar-refractivity contribution in [1.82, 2.24) is 4.98 Å². The van der Waals surface area contributed by atoms with Crippen LogP contribution in [0.3, 0.4) is 0 Å². The summed E-state index contributed by atoms with van der Waals surface area (Å²) in [4.78, 5) is 4.31. The largest absolute Gasteiger partial charge is 0.496 e. The molecule has 1 heterocycles. The van der Waals surface area contributed by atoms with E-state index in [1.54, 1.807) is 13.3 Å². The first kappa shape index (κ1) is 11.5. The van der Waals surface area contributed by atoms with E-state index in [-0.39, 0.29) is 0 Å². The van der Waals surface area contributed by atoms with Crippen molar-refractivity contribution in [3.63, 3.8) is 0 Å². The number of aryl methyl sites for hydroxylation is 1. The monoisotopic (exact) mass is 203 g/mol. The fourth-order valence-corrected chi connectivity index (χ4v) is 1.49. The van der Waals surface area contributed by atoms with Crippen LogP contribution in [0.1, 0.15) is 19.4 Å². The Morgan fingerprint density at radius 1 is 1.13 bits per heavy atom. The van der Waals surface area contributed by atoms with Gasteiger partial charge in [0, 0.05) is 17.1 Å². The molecule has 0 amide bonds.